The Morgan fingerprint density at radius 2 is 1.28 bits per heavy atom. The van der Waals surface area contributed by atoms with Crippen LogP contribution in [0.2, 0.25) is 0 Å². The molecule has 2 amide bonds. The molecule has 0 aromatic heterocycles. The first-order valence-corrected chi connectivity index (χ1v) is 16.9. The molecule has 0 saturated heterocycles. The average Bonchev–Trinajstić information content (AvgIpc) is 3.04. The van der Waals surface area contributed by atoms with Crippen LogP contribution in [-0.4, -0.2) is 29.5 Å². The van der Waals surface area contributed by atoms with E-state index in [4.69, 9.17) is 4.74 Å². The maximum atomic E-state index is 14.0. The van der Waals surface area contributed by atoms with Crippen molar-refractivity contribution in [2.75, 3.05) is 6.61 Å². The second-order valence-electron chi connectivity index (χ2n) is 11.8. The summed E-state index contributed by atoms with van der Waals surface area (Å²) < 4.78 is 6.05. The molecular weight excluding hydrogens is 532 g/mol. The Kier molecular flexibility index (Phi) is 15.7. The van der Waals surface area contributed by atoms with Gasteiger partial charge >= 0.3 is 0 Å². The first kappa shape index (κ1) is 34.2. The van der Waals surface area contributed by atoms with Gasteiger partial charge in [-0.2, -0.15) is 0 Å². The van der Waals surface area contributed by atoms with Gasteiger partial charge in [0.25, 0.3) is 11.8 Å². The Bertz CT molecular complexity index is 1230. The molecule has 234 valence electrons. The van der Waals surface area contributed by atoms with Crippen molar-refractivity contribution >= 4 is 22.6 Å². The van der Waals surface area contributed by atoms with E-state index in [9.17, 15) is 9.59 Å². The zero-order chi connectivity index (χ0) is 30.7. The van der Waals surface area contributed by atoms with Crippen molar-refractivity contribution in [3.05, 3.63) is 77.9 Å². The molecule has 0 aliphatic heterocycles. The fourth-order valence-electron chi connectivity index (χ4n) is 5.63. The number of amides is 2. The number of hydrogen-bond donors (Lipinski definition) is 1. The van der Waals surface area contributed by atoms with E-state index in [1.807, 2.05) is 48.5 Å². The van der Waals surface area contributed by atoms with Gasteiger partial charge in [0.2, 0.25) is 0 Å². The first-order chi connectivity index (χ1) is 21.1. The molecule has 3 aromatic carbocycles. The lowest BCUT2D eigenvalue weighted by atomic mass is 10.0. The van der Waals surface area contributed by atoms with E-state index in [2.05, 4.69) is 32.3 Å². The SMILES string of the molecule is CCCCCCCCCCOc1ccc2cc(C(=O)N(NC(=O)c3ccccc3)C(CCC)CCCCCC)ccc2c1. The van der Waals surface area contributed by atoms with E-state index in [0.29, 0.717) is 11.1 Å². The normalized spacial score (nSPS) is 11.8. The highest BCUT2D eigenvalue weighted by molar-refractivity contribution is 6.01. The summed E-state index contributed by atoms with van der Waals surface area (Å²) in [5, 5.41) is 3.62. The number of benzene rings is 3. The predicted octanol–water partition coefficient (Wildman–Crippen LogP) is 10.3. The summed E-state index contributed by atoms with van der Waals surface area (Å²) >= 11 is 0. The lowest BCUT2D eigenvalue weighted by molar-refractivity contribution is 0.0451. The molecule has 43 heavy (non-hydrogen) atoms. The van der Waals surface area contributed by atoms with Crippen molar-refractivity contribution in [2.45, 2.75) is 123 Å². The molecule has 0 spiro atoms. The molecule has 0 aliphatic rings. The second kappa shape index (κ2) is 19.8. The standard InChI is InChI=1S/C38H54N2O3/c1-4-7-9-11-12-13-14-19-28-43-36-27-26-32-29-34(25-24-33(32)30-36)38(42)40(35(20-6-3)23-18-10-8-5-2)39-37(41)31-21-16-15-17-22-31/h15-17,21-22,24-27,29-30,35H,4-14,18-20,23,28H2,1-3H3,(H,39,41). The summed E-state index contributed by atoms with van der Waals surface area (Å²) in [6, 6.07) is 20.9. The highest BCUT2D eigenvalue weighted by Crippen LogP contribution is 2.25. The highest BCUT2D eigenvalue weighted by atomic mass is 16.5. The number of unbranched alkanes of at least 4 members (excludes halogenated alkanes) is 10. The molecule has 0 bridgehead atoms. The van der Waals surface area contributed by atoms with E-state index >= 15 is 0 Å². The average molecular weight is 587 g/mol. The summed E-state index contributed by atoms with van der Waals surface area (Å²) in [5.41, 5.74) is 4.10. The van der Waals surface area contributed by atoms with Crippen molar-refractivity contribution in [3.8, 4) is 5.75 Å². The lowest BCUT2D eigenvalue weighted by Crippen LogP contribution is -2.52. The van der Waals surface area contributed by atoms with Gasteiger partial charge in [-0.05, 0) is 66.4 Å². The Labute approximate surface area is 260 Å². The van der Waals surface area contributed by atoms with Crippen molar-refractivity contribution in [2.24, 2.45) is 0 Å². The van der Waals surface area contributed by atoms with Crippen LogP contribution in [0.15, 0.2) is 66.7 Å². The summed E-state index contributed by atoms with van der Waals surface area (Å²) in [6.07, 6.45) is 17.4. The van der Waals surface area contributed by atoms with Gasteiger partial charge in [0, 0.05) is 11.1 Å². The van der Waals surface area contributed by atoms with E-state index in [0.717, 1.165) is 68.1 Å². The molecule has 3 aromatic rings. The van der Waals surface area contributed by atoms with Crippen LogP contribution in [0.5, 0.6) is 5.75 Å². The number of nitrogens with zero attached hydrogens (tertiary/aromatic N) is 1. The number of rotatable bonds is 20. The number of carbonyl (C=O) groups excluding carboxylic acids is 2. The third-order valence-electron chi connectivity index (χ3n) is 8.18. The smallest absolute Gasteiger partial charge is 0.272 e. The third kappa shape index (κ3) is 11.7. The molecular formula is C38H54N2O3. The predicted molar refractivity (Wildman–Crippen MR) is 180 cm³/mol. The monoisotopic (exact) mass is 586 g/mol. The van der Waals surface area contributed by atoms with Gasteiger partial charge < -0.3 is 4.74 Å². The highest BCUT2D eigenvalue weighted by Gasteiger charge is 2.26. The molecule has 0 radical (unpaired) electrons. The van der Waals surface area contributed by atoms with Gasteiger partial charge in [-0.1, -0.05) is 128 Å². The summed E-state index contributed by atoms with van der Waals surface area (Å²) in [6.45, 7) is 7.31. The van der Waals surface area contributed by atoms with Crippen molar-refractivity contribution in [1.29, 1.82) is 0 Å². The molecule has 5 nitrogen and oxygen atoms in total. The van der Waals surface area contributed by atoms with Crippen LogP contribution >= 0.6 is 0 Å². The first-order valence-electron chi connectivity index (χ1n) is 16.9. The fraction of sp³-hybridized carbons (Fsp3) is 0.526. The van der Waals surface area contributed by atoms with Crippen molar-refractivity contribution < 1.29 is 14.3 Å². The van der Waals surface area contributed by atoms with Gasteiger partial charge in [-0.25, -0.2) is 5.01 Å². The minimum Gasteiger partial charge on any atom is -0.494 e. The molecule has 3 rings (SSSR count). The fourth-order valence-corrected chi connectivity index (χ4v) is 5.63. The molecule has 5 heteroatoms. The van der Waals surface area contributed by atoms with Gasteiger partial charge in [0.1, 0.15) is 5.75 Å². The summed E-state index contributed by atoms with van der Waals surface area (Å²) in [7, 11) is 0. The number of ether oxygens (including phenoxy) is 1. The van der Waals surface area contributed by atoms with Crippen molar-refractivity contribution in [1.82, 2.24) is 10.4 Å². The van der Waals surface area contributed by atoms with Crippen LogP contribution < -0.4 is 10.2 Å². The van der Waals surface area contributed by atoms with Gasteiger partial charge in [0.15, 0.2) is 0 Å². The van der Waals surface area contributed by atoms with Crippen molar-refractivity contribution in [3.63, 3.8) is 0 Å². The summed E-state index contributed by atoms with van der Waals surface area (Å²) in [5.74, 6) is 0.430. The zero-order valence-electron chi connectivity index (χ0n) is 26.9. The second-order valence-corrected chi connectivity index (χ2v) is 11.8. The molecule has 0 fully saturated rings. The topological polar surface area (TPSA) is 58.6 Å². The third-order valence-corrected chi connectivity index (χ3v) is 8.18. The number of nitrogens with one attached hydrogen (secondary N) is 1. The molecule has 1 unspecified atom stereocenters. The minimum atomic E-state index is -0.261. The number of fused-ring (bicyclic) bond motifs is 1. The van der Waals surface area contributed by atoms with Gasteiger partial charge in [-0.3, -0.25) is 15.0 Å². The van der Waals surface area contributed by atoms with E-state index < -0.39 is 0 Å². The van der Waals surface area contributed by atoms with E-state index in [1.54, 1.807) is 17.1 Å². The molecule has 0 heterocycles. The minimum absolute atomic E-state index is 0.0650. The quantitative estimate of drug-likeness (QED) is 0.106. The van der Waals surface area contributed by atoms with Gasteiger partial charge in [-0.15, -0.1) is 0 Å². The maximum Gasteiger partial charge on any atom is 0.272 e. The molecule has 1 atom stereocenters. The Hall–Kier alpha value is -3.34. The number of carbonyl (C=O) groups is 2. The molecule has 1 N–H and O–H groups in total. The molecule has 0 saturated carbocycles. The van der Waals surface area contributed by atoms with Gasteiger partial charge in [0.05, 0.1) is 12.6 Å². The Balaban J connectivity index is 1.68. The maximum absolute atomic E-state index is 14.0. The van der Waals surface area contributed by atoms with E-state index in [1.165, 1.54) is 51.4 Å². The Morgan fingerprint density at radius 1 is 0.651 bits per heavy atom. The molecule has 0 aliphatic carbocycles. The Morgan fingerprint density at radius 3 is 1.98 bits per heavy atom. The number of hydrogen-bond acceptors (Lipinski definition) is 3. The van der Waals surface area contributed by atoms with Crippen LogP contribution in [0.4, 0.5) is 0 Å². The zero-order valence-corrected chi connectivity index (χ0v) is 26.9. The number of hydrazine groups is 1. The lowest BCUT2D eigenvalue weighted by Gasteiger charge is -2.32. The van der Waals surface area contributed by atoms with E-state index in [-0.39, 0.29) is 17.9 Å². The largest absolute Gasteiger partial charge is 0.494 e. The van der Waals surface area contributed by atoms with Crippen LogP contribution in [0, 0.1) is 0 Å². The van der Waals surface area contributed by atoms with Crippen LogP contribution in [-0.2, 0) is 0 Å². The summed E-state index contributed by atoms with van der Waals surface area (Å²) in [4.78, 5) is 27.2. The van der Waals surface area contributed by atoms with Crippen LogP contribution in [0.1, 0.15) is 138 Å². The van der Waals surface area contributed by atoms with Crippen LogP contribution in [0.25, 0.3) is 10.8 Å². The van der Waals surface area contributed by atoms with Crippen LogP contribution in [0.3, 0.4) is 0 Å².